The van der Waals surface area contributed by atoms with Crippen molar-refractivity contribution in [2.24, 2.45) is 0 Å². The molecule has 0 saturated heterocycles. The Morgan fingerprint density at radius 3 is 0.857 bits per heavy atom. The average molecular weight is 1080 g/mol. The molecule has 84 heavy (non-hydrogen) atoms. The van der Waals surface area contributed by atoms with Crippen LogP contribution in [-0.2, 0) is 5.41 Å². The van der Waals surface area contributed by atoms with Crippen LogP contribution in [-0.4, -0.2) is 43.4 Å². The van der Waals surface area contributed by atoms with Crippen LogP contribution in [0.25, 0.3) is 124 Å². The Hall–Kier alpha value is -11.0. The average Bonchev–Trinajstić information content (AvgIpc) is 3.32. The lowest BCUT2D eigenvalue weighted by molar-refractivity contribution is 0.590. The summed E-state index contributed by atoms with van der Waals surface area (Å²) in [6.45, 7) is 6.68. The van der Waals surface area contributed by atoms with Crippen LogP contribution < -0.4 is 0 Å². The maximum absolute atomic E-state index is 5.28. The van der Waals surface area contributed by atoms with Crippen LogP contribution in [0.15, 0.2) is 291 Å². The lowest BCUT2D eigenvalue weighted by Crippen LogP contribution is -2.10. The highest BCUT2D eigenvalue weighted by molar-refractivity contribution is 5.90. The molecule has 0 saturated carbocycles. The van der Waals surface area contributed by atoms with Gasteiger partial charge in [-0.2, -0.15) is 0 Å². The van der Waals surface area contributed by atoms with Crippen LogP contribution in [0.2, 0.25) is 0 Å². The molecule has 15 rings (SSSR count). The van der Waals surface area contributed by atoms with Crippen molar-refractivity contribution >= 4 is 33.1 Å². The largest absolute Gasteiger partial charge is 0.292 e. The van der Waals surface area contributed by atoms with Crippen molar-refractivity contribution < 1.29 is 0 Å². The minimum Gasteiger partial charge on any atom is -0.292 e. The minimum atomic E-state index is 0.108. The number of aromatic nitrogens is 9. The number of benzene rings is 11. The Labute approximate surface area is 487 Å². The molecular weight excluding hydrogens is 1030 g/mol. The van der Waals surface area contributed by atoms with Crippen LogP contribution in [0.5, 0.6) is 0 Å². The van der Waals surface area contributed by atoms with Crippen molar-refractivity contribution in [3.63, 3.8) is 0 Å². The molecular formula is C75H57N9. The molecule has 4 heterocycles. The van der Waals surface area contributed by atoms with Crippen LogP contribution in [0.1, 0.15) is 26.3 Å². The van der Waals surface area contributed by atoms with Crippen molar-refractivity contribution in [3.05, 3.63) is 297 Å². The number of imidazole rings is 3. The van der Waals surface area contributed by atoms with Gasteiger partial charge < -0.3 is 0 Å². The summed E-state index contributed by atoms with van der Waals surface area (Å²) >= 11 is 0. The summed E-state index contributed by atoms with van der Waals surface area (Å²) < 4.78 is 8.89. The summed E-state index contributed by atoms with van der Waals surface area (Å²) in [6, 6.07) is 101. The molecule has 9 heteroatoms. The lowest BCUT2D eigenvalue weighted by Gasteiger charge is -2.19. The quantitative estimate of drug-likeness (QED) is 0.136. The second-order valence-corrected chi connectivity index (χ2v) is 21.9. The van der Waals surface area contributed by atoms with Crippen LogP contribution in [0, 0.1) is 0 Å². The summed E-state index contributed by atoms with van der Waals surface area (Å²) in [5.74, 6) is 4.19. The Morgan fingerprint density at radius 1 is 0.238 bits per heavy atom. The van der Waals surface area contributed by atoms with E-state index in [1.54, 1.807) is 0 Å². The minimum absolute atomic E-state index is 0.108. The van der Waals surface area contributed by atoms with Crippen molar-refractivity contribution in [1.29, 1.82) is 0 Å². The van der Waals surface area contributed by atoms with Gasteiger partial charge in [0.15, 0.2) is 11.6 Å². The molecule has 0 bridgehead atoms. The van der Waals surface area contributed by atoms with E-state index in [0.29, 0.717) is 0 Å². The molecule has 4 aromatic heterocycles. The van der Waals surface area contributed by atoms with Gasteiger partial charge in [0.25, 0.3) is 0 Å². The topological polar surface area (TPSA) is 84.2 Å². The van der Waals surface area contributed by atoms with Crippen LogP contribution >= 0.6 is 0 Å². The molecule has 0 aliphatic heterocycles. The molecule has 0 radical (unpaired) electrons. The van der Waals surface area contributed by atoms with Gasteiger partial charge in [-0.05, 0) is 125 Å². The van der Waals surface area contributed by atoms with Crippen molar-refractivity contribution in [2.45, 2.75) is 26.2 Å². The lowest BCUT2D eigenvalue weighted by atomic mass is 9.86. The molecule has 0 unspecified atom stereocenters. The maximum atomic E-state index is 5.28. The fourth-order valence-corrected chi connectivity index (χ4v) is 11.2. The third-order valence-electron chi connectivity index (χ3n) is 15.4. The molecule has 0 aliphatic rings. The zero-order valence-corrected chi connectivity index (χ0v) is 46.7. The van der Waals surface area contributed by atoms with E-state index in [-0.39, 0.29) is 5.41 Å². The Balaban J connectivity index is 0.000000164. The van der Waals surface area contributed by atoms with E-state index in [9.17, 15) is 0 Å². The van der Waals surface area contributed by atoms with E-state index in [0.717, 1.165) is 113 Å². The summed E-state index contributed by atoms with van der Waals surface area (Å²) in [5.41, 5.74) is 18.8. The molecule has 0 atom stereocenters. The first kappa shape index (κ1) is 51.1. The molecule has 15 aromatic rings. The third-order valence-corrected chi connectivity index (χ3v) is 15.4. The number of rotatable bonds is 10. The van der Waals surface area contributed by atoms with E-state index < -0.39 is 0 Å². The first-order valence-corrected chi connectivity index (χ1v) is 28.3. The van der Waals surface area contributed by atoms with Crippen LogP contribution in [0.3, 0.4) is 0 Å². The first-order valence-electron chi connectivity index (χ1n) is 28.3. The van der Waals surface area contributed by atoms with Gasteiger partial charge in [0, 0.05) is 50.6 Å². The Kier molecular flexibility index (Phi) is 13.3. The number of hydrogen-bond donors (Lipinski definition) is 0. The Bertz CT molecular complexity index is 4440. The van der Waals surface area contributed by atoms with Crippen molar-refractivity contribution in [3.8, 4) is 90.8 Å². The number of para-hydroxylation sites is 10. The summed E-state index contributed by atoms with van der Waals surface area (Å²) in [5, 5.41) is 9.25. The first-order chi connectivity index (χ1) is 41.3. The third kappa shape index (κ3) is 9.73. The summed E-state index contributed by atoms with van der Waals surface area (Å²) in [7, 11) is 0. The zero-order chi connectivity index (χ0) is 56.6. The van der Waals surface area contributed by atoms with Gasteiger partial charge in [-0.25, -0.2) is 15.0 Å². The van der Waals surface area contributed by atoms with Crippen molar-refractivity contribution in [2.75, 3.05) is 0 Å². The monoisotopic (exact) mass is 1080 g/mol. The van der Waals surface area contributed by atoms with E-state index >= 15 is 0 Å². The maximum Gasteiger partial charge on any atom is 0.168 e. The van der Waals surface area contributed by atoms with Gasteiger partial charge in [0.05, 0.1) is 33.1 Å². The van der Waals surface area contributed by atoms with E-state index in [1.165, 1.54) is 16.7 Å². The molecule has 402 valence electrons. The van der Waals surface area contributed by atoms with E-state index in [2.05, 4.69) is 280 Å². The number of fused-ring (bicyclic) bond motifs is 3. The van der Waals surface area contributed by atoms with Gasteiger partial charge in [-0.3, -0.25) is 18.3 Å². The zero-order valence-electron chi connectivity index (χ0n) is 46.7. The Morgan fingerprint density at radius 2 is 0.512 bits per heavy atom. The normalized spacial score (nSPS) is 11.5. The SMILES string of the molecule is CC(C)(C)c1ccc(-c2nnc(-c3ccc(-c4ccccc4)cc3)n2-c2ccccc2)cc1.c1ccc(-n2c(-c3cc(-c4nc5ccccc5n4-c4ccccc4)cc(-c4nc5ccccc5n4-c4ccccc4)c3)nc3ccccc32)cc1. The fourth-order valence-electron chi connectivity index (χ4n) is 11.2. The van der Waals surface area contributed by atoms with Gasteiger partial charge in [-0.1, -0.05) is 209 Å². The molecule has 0 fully saturated rings. The predicted octanol–water partition coefficient (Wildman–Crippen LogP) is 18.3. The van der Waals surface area contributed by atoms with Gasteiger partial charge in [0.2, 0.25) is 0 Å². The van der Waals surface area contributed by atoms with Gasteiger partial charge >= 0.3 is 0 Å². The van der Waals surface area contributed by atoms with E-state index in [1.807, 2.05) is 60.7 Å². The molecule has 9 nitrogen and oxygen atoms in total. The second-order valence-electron chi connectivity index (χ2n) is 21.9. The standard InChI is InChI=1S/C45H30N6.C30H27N3/c1-4-16-34(17-5-1)49-40-25-13-10-22-37(40)46-43(49)31-28-32(44-47-38-23-11-14-26-41(38)50(44)35-18-6-2-7-19-35)30-33(29-31)45-48-39-24-12-15-27-42(39)51(45)36-20-8-3-9-21-36;1-30(2,3)26-20-18-25(19-21-26)29-32-31-28(33(29)27-12-8-5-9-13-27)24-16-14-23(15-17-24)22-10-6-4-7-11-22/h1-30H;4-21H,1-3H3. The van der Waals surface area contributed by atoms with Crippen LogP contribution in [0.4, 0.5) is 0 Å². The summed E-state index contributed by atoms with van der Waals surface area (Å²) in [6.07, 6.45) is 0. The van der Waals surface area contributed by atoms with Gasteiger partial charge in [-0.15, -0.1) is 10.2 Å². The number of hydrogen-bond acceptors (Lipinski definition) is 5. The molecule has 0 amide bonds. The molecule has 0 spiro atoms. The highest BCUT2D eigenvalue weighted by Crippen LogP contribution is 2.39. The van der Waals surface area contributed by atoms with Gasteiger partial charge in [0.1, 0.15) is 17.5 Å². The van der Waals surface area contributed by atoms with Crippen molar-refractivity contribution in [1.82, 2.24) is 43.4 Å². The molecule has 0 aliphatic carbocycles. The second kappa shape index (κ2) is 21.8. The fraction of sp³-hybridized carbons (Fsp3) is 0.0533. The summed E-state index contributed by atoms with van der Waals surface area (Å²) in [4.78, 5) is 15.9. The smallest absolute Gasteiger partial charge is 0.168 e. The molecule has 0 N–H and O–H groups in total. The number of nitrogens with zero attached hydrogens (tertiary/aromatic N) is 9. The molecule has 11 aromatic carbocycles. The highest BCUT2D eigenvalue weighted by atomic mass is 15.3. The predicted molar refractivity (Wildman–Crippen MR) is 343 cm³/mol. The van der Waals surface area contributed by atoms with E-state index in [4.69, 9.17) is 15.0 Å². The highest BCUT2D eigenvalue weighted by Gasteiger charge is 2.24.